The second kappa shape index (κ2) is 9.34. The smallest absolute Gasteiger partial charge is 0.224 e. The minimum atomic E-state index is -0.470. The Morgan fingerprint density at radius 1 is 1.24 bits per heavy atom. The van der Waals surface area contributed by atoms with E-state index in [1.54, 1.807) is 0 Å². The Morgan fingerprint density at radius 2 is 1.90 bits per heavy atom. The zero-order chi connectivity index (χ0) is 15.7. The summed E-state index contributed by atoms with van der Waals surface area (Å²) >= 11 is 0. The molecular weight excluding hydrogens is 269 g/mol. The first-order valence-corrected chi connectivity index (χ1v) is 7.64. The van der Waals surface area contributed by atoms with E-state index in [1.165, 1.54) is 18.2 Å². The molecule has 0 aliphatic carbocycles. The number of nitrogen functional groups attached to an aromatic ring is 1. The minimum absolute atomic E-state index is 0.0462. The quantitative estimate of drug-likeness (QED) is 0.688. The Morgan fingerprint density at radius 3 is 2.48 bits per heavy atom. The Balaban J connectivity index is 2.34. The predicted octanol–water partition coefficient (Wildman–Crippen LogP) is 3.25. The number of rotatable bonds is 9. The largest absolute Gasteiger partial charge is 0.396 e. The summed E-state index contributed by atoms with van der Waals surface area (Å²) < 4.78 is 13.0. The summed E-state index contributed by atoms with van der Waals surface area (Å²) in [4.78, 5) is 14.2. The van der Waals surface area contributed by atoms with Crippen molar-refractivity contribution in [1.29, 1.82) is 0 Å². The first-order chi connectivity index (χ1) is 10.1. The Bertz CT molecular complexity index is 445. The highest BCUT2D eigenvalue weighted by atomic mass is 19.1. The van der Waals surface area contributed by atoms with Crippen LogP contribution in [0.4, 0.5) is 15.8 Å². The second-order valence-corrected chi connectivity index (χ2v) is 5.23. The standard InChI is InChI=1S/C16H26FN3O/c1-3-9-20(10-4-2)11-5-6-16(21)19-13-7-8-14(17)15(18)12-13/h7-8,12H,3-6,9-11,18H2,1-2H3,(H,19,21). The van der Waals surface area contributed by atoms with Gasteiger partial charge in [0, 0.05) is 12.1 Å². The molecule has 0 heterocycles. The van der Waals surface area contributed by atoms with Crippen LogP contribution in [0.3, 0.4) is 0 Å². The number of halogens is 1. The third-order valence-electron chi connectivity index (χ3n) is 3.24. The Labute approximate surface area is 126 Å². The SMILES string of the molecule is CCCN(CCC)CCCC(=O)Nc1ccc(F)c(N)c1. The molecule has 1 aromatic rings. The van der Waals surface area contributed by atoms with Crippen LogP contribution in [-0.4, -0.2) is 30.4 Å². The van der Waals surface area contributed by atoms with Crippen LogP contribution in [0, 0.1) is 5.82 Å². The maximum absolute atomic E-state index is 13.0. The van der Waals surface area contributed by atoms with Gasteiger partial charge < -0.3 is 16.0 Å². The minimum Gasteiger partial charge on any atom is -0.396 e. The summed E-state index contributed by atoms with van der Waals surface area (Å²) in [6.07, 6.45) is 3.53. The monoisotopic (exact) mass is 295 g/mol. The van der Waals surface area contributed by atoms with Gasteiger partial charge in [-0.05, 0) is 57.1 Å². The fourth-order valence-corrected chi connectivity index (χ4v) is 2.28. The average Bonchev–Trinajstić information content (AvgIpc) is 2.43. The molecule has 0 spiro atoms. The number of hydrogen-bond acceptors (Lipinski definition) is 3. The highest BCUT2D eigenvalue weighted by Crippen LogP contribution is 2.16. The fourth-order valence-electron chi connectivity index (χ4n) is 2.28. The van der Waals surface area contributed by atoms with Gasteiger partial charge >= 0.3 is 0 Å². The zero-order valence-electron chi connectivity index (χ0n) is 13.0. The number of amides is 1. The Hall–Kier alpha value is -1.62. The van der Waals surface area contributed by atoms with Crippen LogP contribution in [0.15, 0.2) is 18.2 Å². The number of benzene rings is 1. The van der Waals surface area contributed by atoms with Gasteiger partial charge in [-0.3, -0.25) is 4.79 Å². The molecule has 0 unspecified atom stereocenters. The number of carbonyl (C=O) groups is 1. The number of nitrogens with one attached hydrogen (secondary N) is 1. The molecule has 0 fully saturated rings. The predicted molar refractivity (Wildman–Crippen MR) is 85.7 cm³/mol. The van der Waals surface area contributed by atoms with Crippen LogP contribution < -0.4 is 11.1 Å². The molecule has 0 radical (unpaired) electrons. The Kier molecular flexibility index (Phi) is 7.75. The molecule has 5 heteroatoms. The van der Waals surface area contributed by atoms with Crippen molar-refractivity contribution in [3.8, 4) is 0 Å². The van der Waals surface area contributed by atoms with E-state index < -0.39 is 5.82 Å². The van der Waals surface area contributed by atoms with Gasteiger partial charge in [-0.2, -0.15) is 0 Å². The number of nitrogens with zero attached hydrogens (tertiary/aromatic N) is 1. The molecule has 3 N–H and O–H groups in total. The van der Waals surface area contributed by atoms with E-state index in [-0.39, 0.29) is 11.6 Å². The highest BCUT2D eigenvalue weighted by Gasteiger charge is 2.07. The van der Waals surface area contributed by atoms with Crippen LogP contribution in [0.1, 0.15) is 39.5 Å². The lowest BCUT2D eigenvalue weighted by molar-refractivity contribution is -0.116. The second-order valence-electron chi connectivity index (χ2n) is 5.23. The van der Waals surface area contributed by atoms with E-state index >= 15 is 0 Å². The molecule has 4 nitrogen and oxygen atoms in total. The van der Waals surface area contributed by atoms with Gasteiger partial charge in [-0.15, -0.1) is 0 Å². The topological polar surface area (TPSA) is 58.4 Å². The van der Waals surface area contributed by atoms with Gasteiger partial charge in [-0.1, -0.05) is 13.8 Å². The molecule has 0 atom stereocenters. The van der Waals surface area contributed by atoms with E-state index in [0.29, 0.717) is 12.1 Å². The zero-order valence-corrected chi connectivity index (χ0v) is 13.0. The van der Waals surface area contributed by atoms with Crippen molar-refractivity contribution in [2.24, 2.45) is 0 Å². The number of carbonyl (C=O) groups excluding carboxylic acids is 1. The molecule has 0 saturated heterocycles. The third kappa shape index (κ3) is 6.58. The molecule has 1 rings (SSSR count). The van der Waals surface area contributed by atoms with Crippen molar-refractivity contribution in [2.45, 2.75) is 39.5 Å². The molecule has 1 aromatic carbocycles. The first-order valence-electron chi connectivity index (χ1n) is 7.64. The lowest BCUT2D eigenvalue weighted by Crippen LogP contribution is -2.27. The number of hydrogen-bond donors (Lipinski definition) is 2. The van der Waals surface area contributed by atoms with Crippen molar-refractivity contribution in [1.82, 2.24) is 4.90 Å². The fraction of sp³-hybridized carbons (Fsp3) is 0.562. The summed E-state index contributed by atoms with van der Waals surface area (Å²) in [7, 11) is 0. The number of nitrogens with two attached hydrogens (primary N) is 1. The van der Waals surface area contributed by atoms with Crippen molar-refractivity contribution in [3.63, 3.8) is 0 Å². The normalized spacial score (nSPS) is 10.9. The van der Waals surface area contributed by atoms with Gasteiger partial charge in [0.25, 0.3) is 0 Å². The van der Waals surface area contributed by atoms with Crippen molar-refractivity contribution in [2.75, 3.05) is 30.7 Å². The summed E-state index contributed by atoms with van der Waals surface area (Å²) in [5.74, 6) is -0.531. The lowest BCUT2D eigenvalue weighted by atomic mass is 10.2. The number of anilines is 2. The van der Waals surface area contributed by atoms with E-state index in [4.69, 9.17) is 5.73 Å². The van der Waals surface area contributed by atoms with Crippen LogP contribution >= 0.6 is 0 Å². The molecule has 0 bridgehead atoms. The molecule has 0 aromatic heterocycles. The lowest BCUT2D eigenvalue weighted by Gasteiger charge is -2.20. The first kappa shape index (κ1) is 17.4. The maximum Gasteiger partial charge on any atom is 0.224 e. The maximum atomic E-state index is 13.0. The molecule has 0 saturated carbocycles. The molecule has 0 aliphatic rings. The van der Waals surface area contributed by atoms with Crippen LogP contribution in [0.5, 0.6) is 0 Å². The highest BCUT2D eigenvalue weighted by molar-refractivity contribution is 5.91. The summed E-state index contributed by atoms with van der Waals surface area (Å²) in [5, 5.41) is 2.74. The summed E-state index contributed by atoms with van der Waals surface area (Å²) in [6, 6.07) is 4.22. The van der Waals surface area contributed by atoms with Crippen molar-refractivity contribution < 1.29 is 9.18 Å². The van der Waals surface area contributed by atoms with Gasteiger partial charge in [0.05, 0.1) is 5.69 Å². The molecule has 118 valence electrons. The van der Waals surface area contributed by atoms with E-state index in [2.05, 4.69) is 24.1 Å². The van der Waals surface area contributed by atoms with E-state index in [1.807, 2.05) is 0 Å². The van der Waals surface area contributed by atoms with Gasteiger partial charge in [0.2, 0.25) is 5.91 Å². The van der Waals surface area contributed by atoms with Gasteiger partial charge in [0.1, 0.15) is 5.82 Å². The van der Waals surface area contributed by atoms with Crippen molar-refractivity contribution >= 4 is 17.3 Å². The van der Waals surface area contributed by atoms with Crippen LogP contribution in [0.2, 0.25) is 0 Å². The van der Waals surface area contributed by atoms with Crippen LogP contribution in [-0.2, 0) is 4.79 Å². The summed E-state index contributed by atoms with van der Waals surface area (Å²) in [5.41, 5.74) is 6.06. The molecular formula is C16H26FN3O. The van der Waals surface area contributed by atoms with Crippen LogP contribution in [0.25, 0.3) is 0 Å². The molecule has 1 amide bonds. The van der Waals surface area contributed by atoms with Gasteiger partial charge in [-0.25, -0.2) is 4.39 Å². The van der Waals surface area contributed by atoms with E-state index in [0.717, 1.165) is 38.9 Å². The van der Waals surface area contributed by atoms with Crippen molar-refractivity contribution in [3.05, 3.63) is 24.0 Å². The summed E-state index contributed by atoms with van der Waals surface area (Å²) in [6.45, 7) is 7.40. The van der Waals surface area contributed by atoms with Gasteiger partial charge in [0.15, 0.2) is 0 Å². The average molecular weight is 295 g/mol. The van der Waals surface area contributed by atoms with E-state index in [9.17, 15) is 9.18 Å². The molecule has 21 heavy (non-hydrogen) atoms. The third-order valence-corrected chi connectivity index (χ3v) is 3.24. The molecule has 0 aliphatic heterocycles.